The molecule has 0 spiro atoms. The van der Waals surface area contributed by atoms with Gasteiger partial charge in [0.15, 0.2) is 0 Å². The van der Waals surface area contributed by atoms with Gasteiger partial charge in [-0.2, -0.15) is 0 Å². The van der Waals surface area contributed by atoms with Crippen molar-refractivity contribution < 1.29 is 4.39 Å². The van der Waals surface area contributed by atoms with Crippen molar-refractivity contribution >= 4 is 23.0 Å². The predicted octanol–water partition coefficient (Wildman–Crippen LogP) is 4.09. The molecule has 0 saturated carbocycles. The van der Waals surface area contributed by atoms with E-state index in [-0.39, 0.29) is 5.82 Å². The van der Waals surface area contributed by atoms with Crippen LogP contribution in [0, 0.1) is 5.82 Å². The molecule has 0 bridgehead atoms. The molecular weight excluding hydrogens is 263 g/mol. The first-order chi connectivity index (χ1) is 9.11. The second kappa shape index (κ2) is 5.93. The van der Waals surface area contributed by atoms with Gasteiger partial charge in [-0.05, 0) is 42.8 Å². The molecule has 0 amide bonds. The van der Waals surface area contributed by atoms with Crippen LogP contribution in [0.5, 0.6) is 0 Å². The lowest BCUT2D eigenvalue weighted by Crippen LogP contribution is -2.23. The van der Waals surface area contributed by atoms with Crippen LogP contribution in [0.15, 0.2) is 42.5 Å². The van der Waals surface area contributed by atoms with E-state index in [1.54, 1.807) is 24.3 Å². The SMILES string of the molecule is CCN(Cc1cc(Cl)ccc1N)c1ccccc1F. The Kier molecular flexibility index (Phi) is 4.27. The third-order valence-corrected chi connectivity index (χ3v) is 3.28. The van der Waals surface area contributed by atoms with Gasteiger partial charge in [0.1, 0.15) is 5.82 Å². The number of nitrogen functional groups attached to an aromatic ring is 1. The van der Waals surface area contributed by atoms with Gasteiger partial charge in [0.25, 0.3) is 0 Å². The Balaban J connectivity index is 2.29. The van der Waals surface area contributed by atoms with Crippen molar-refractivity contribution in [2.45, 2.75) is 13.5 Å². The molecule has 0 atom stereocenters. The zero-order valence-electron chi connectivity index (χ0n) is 10.7. The Morgan fingerprint density at radius 1 is 1.21 bits per heavy atom. The molecule has 0 aliphatic carbocycles. The normalized spacial score (nSPS) is 10.5. The Morgan fingerprint density at radius 2 is 1.95 bits per heavy atom. The van der Waals surface area contributed by atoms with E-state index in [1.807, 2.05) is 24.0 Å². The van der Waals surface area contributed by atoms with Crippen molar-refractivity contribution in [3.63, 3.8) is 0 Å². The molecule has 100 valence electrons. The average molecular weight is 279 g/mol. The summed E-state index contributed by atoms with van der Waals surface area (Å²) in [6, 6.07) is 12.1. The highest BCUT2D eigenvalue weighted by atomic mass is 35.5. The van der Waals surface area contributed by atoms with Crippen molar-refractivity contribution in [1.82, 2.24) is 0 Å². The maximum absolute atomic E-state index is 13.8. The van der Waals surface area contributed by atoms with Gasteiger partial charge in [-0.1, -0.05) is 23.7 Å². The minimum atomic E-state index is -0.232. The van der Waals surface area contributed by atoms with Crippen LogP contribution in [0.4, 0.5) is 15.8 Å². The second-order valence-corrected chi connectivity index (χ2v) is 4.75. The van der Waals surface area contributed by atoms with Crippen LogP contribution in [0.2, 0.25) is 5.02 Å². The molecule has 2 rings (SSSR count). The number of nitrogens with zero attached hydrogens (tertiary/aromatic N) is 1. The molecule has 2 nitrogen and oxygen atoms in total. The van der Waals surface area contributed by atoms with Gasteiger partial charge in [-0.3, -0.25) is 0 Å². The summed E-state index contributed by atoms with van der Waals surface area (Å²) < 4.78 is 13.8. The largest absolute Gasteiger partial charge is 0.398 e. The fourth-order valence-corrected chi connectivity index (χ4v) is 2.19. The van der Waals surface area contributed by atoms with E-state index in [9.17, 15) is 4.39 Å². The Morgan fingerprint density at radius 3 is 2.63 bits per heavy atom. The second-order valence-electron chi connectivity index (χ2n) is 4.31. The van der Waals surface area contributed by atoms with E-state index in [4.69, 9.17) is 17.3 Å². The molecule has 2 N–H and O–H groups in total. The maximum atomic E-state index is 13.8. The Labute approximate surface area is 117 Å². The lowest BCUT2D eigenvalue weighted by molar-refractivity contribution is 0.618. The molecule has 2 aromatic rings. The fraction of sp³-hybridized carbons (Fsp3) is 0.200. The number of halogens is 2. The summed E-state index contributed by atoms with van der Waals surface area (Å²) in [6.45, 7) is 3.20. The minimum absolute atomic E-state index is 0.232. The van der Waals surface area contributed by atoms with Gasteiger partial charge in [0, 0.05) is 23.8 Å². The van der Waals surface area contributed by atoms with Crippen molar-refractivity contribution in [1.29, 1.82) is 0 Å². The summed E-state index contributed by atoms with van der Waals surface area (Å²) in [5.74, 6) is -0.232. The van der Waals surface area contributed by atoms with Crippen LogP contribution in [-0.2, 0) is 6.54 Å². The minimum Gasteiger partial charge on any atom is -0.398 e. The molecule has 0 saturated heterocycles. The predicted molar refractivity (Wildman–Crippen MR) is 79.0 cm³/mol. The molecule has 0 heterocycles. The van der Waals surface area contributed by atoms with Crippen molar-refractivity contribution in [2.75, 3.05) is 17.2 Å². The van der Waals surface area contributed by atoms with Crippen molar-refractivity contribution in [2.24, 2.45) is 0 Å². The van der Waals surface area contributed by atoms with E-state index in [0.717, 1.165) is 5.56 Å². The van der Waals surface area contributed by atoms with E-state index < -0.39 is 0 Å². The summed E-state index contributed by atoms with van der Waals surface area (Å²) in [4.78, 5) is 1.93. The average Bonchev–Trinajstić information content (AvgIpc) is 2.41. The molecular formula is C15H16ClFN2. The number of nitrogens with two attached hydrogens (primary N) is 1. The van der Waals surface area contributed by atoms with Gasteiger partial charge in [-0.25, -0.2) is 4.39 Å². The number of benzene rings is 2. The summed E-state index contributed by atoms with van der Waals surface area (Å²) in [5.41, 5.74) is 8.07. The van der Waals surface area contributed by atoms with Crippen LogP contribution >= 0.6 is 11.6 Å². The maximum Gasteiger partial charge on any atom is 0.146 e. The molecule has 0 aliphatic rings. The van der Waals surface area contributed by atoms with E-state index in [0.29, 0.717) is 29.5 Å². The Hall–Kier alpha value is -1.74. The molecule has 0 fully saturated rings. The first kappa shape index (κ1) is 13.7. The van der Waals surface area contributed by atoms with Gasteiger partial charge in [-0.15, -0.1) is 0 Å². The molecule has 0 radical (unpaired) electrons. The number of hydrogen-bond acceptors (Lipinski definition) is 2. The molecule has 4 heteroatoms. The first-order valence-electron chi connectivity index (χ1n) is 6.15. The highest BCUT2D eigenvalue weighted by Gasteiger charge is 2.11. The lowest BCUT2D eigenvalue weighted by Gasteiger charge is -2.24. The summed E-state index contributed by atoms with van der Waals surface area (Å²) in [6.07, 6.45) is 0. The molecule has 19 heavy (non-hydrogen) atoms. The van der Waals surface area contributed by atoms with E-state index in [1.165, 1.54) is 6.07 Å². The summed E-state index contributed by atoms with van der Waals surface area (Å²) >= 11 is 5.97. The van der Waals surface area contributed by atoms with Crippen LogP contribution in [0.3, 0.4) is 0 Å². The van der Waals surface area contributed by atoms with E-state index in [2.05, 4.69) is 0 Å². The number of rotatable bonds is 4. The molecule has 0 aliphatic heterocycles. The van der Waals surface area contributed by atoms with Crippen LogP contribution in [0.1, 0.15) is 12.5 Å². The Bertz CT molecular complexity index is 572. The first-order valence-corrected chi connectivity index (χ1v) is 6.53. The third kappa shape index (κ3) is 3.18. The monoisotopic (exact) mass is 278 g/mol. The number of hydrogen-bond donors (Lipinski definition) is 1. The van der Waals surface area contributed by atoms with E-state index >= 15 is 0 Å². The smallest absolute Gasteiger partial charge is 0.146 e. The highest BCUT2D eigenvalue weighted by Crippen LogP contribution is 2.24. The van der Waals surface area contributed by atoms with Crippen LogP contribution in [0.25, 0.3) is 0 Å². The zero-order chi connectivity index (χ0) is 13.8. The lowest BCUT2D eigenvalue weighted by atomic mass is 10.1. The fourth-order valence-electron chi connectivity index (χ4n) is 1.99. The number of anilines is 2. The van der Waals surface area contributed by atoms with Crippen LogP contribution < -0.4 is 10.6 Å². The topological polar surface area (TPSA) is 29.3 Å². The van der Waals surface area contributed by atoms with Gasteiger partial charge in [0.05, 0.1) is 5.69 Å². The zero-order valence-corrected chi connectivity index (χ0v) is 11.5. The van der Waals surface area contributed by atoms with Crippen LogP contribution in [-0.4, -0.2) is 6.54 Å². The van der Waals surface area contributed by atoms with Crippen molar-refractivity contribution in [3.05, 3.63) is 58.9 Å². The highest BCUT2D eigenvalue weighted by molar-refractivity contribution is 6.30. The van der Waals surface area contributed by atoms with Gasteiger partial charge >= 0.3 is 0 Å². The third-order valence-electron chi connectivity index (χ3n) is 3.04. The molecule has 0 aromatic heterocycles. The summed E-state index contributed by atoms with van der Waals surface area (Å²) in [5, 5.41) is 0.633. The van der Waals surface area contributed by atoms with Gasteiger partial charge in [0.2, 0.25) is 0 Å². The summed E-state index contributed by atoms with van der Waals surface area (Å²) in [7, 11) is 0. The molecule has 0 unspecified atom stereocenters. The standard InChI is InChI=1S/C15H16ClFN2/c1-2-19(15-6-4-3-5-13(15)17)10-11-9-12(16)7-8-14(11)18/h3-9H,2,10,18H2,1H3. The quantitative estimate of drug-likeness (QED) is 0.854. The molecule has 2 aromatic carbocycles. The van der Waals surface area contributed by atoms with Gasteiger partial charge < -0.3 is 10.6 Å². The number of para-hydroxylation sites is 1. The van der Waals surface area contributed by atoms with Crippen molar-refractivity contribution in [3.8, 4) is 0 Å².